The van der Waals surface area contributed by atoms with Crippen LogP contribution in [0.4, 0.5) is 0 Å². The summed E-state index contributed by atoms with van der Waals surface area (Å²) in [5.41, 5.74) is 1.44. The zero-order chi connectivity index (χ0) is 18.4. The Morgan fingerprint density at radius 2 is 2.00 bits per heavy atom. The number of aromatic nitrogens is 5. The SMILES string of the molecule is O=S(=O)(c1cccc2nonc12)N1CCC[C@H](c2nnc3ccccn23)C1. The van der Waals surface area contributed by atoms with Crippen molar-refractivity contribution in [3.63, 3.8) is 0 Å². The van der Waals surface area contributed by atoms with Gasteiger partial charge in [0.25, 0.3) is 0 Å². The van der Waals surface area contributed by atoms with Gasteiger partial charge in [-0.3, -0.25) is 4.40 Å². The lowest BCUT2D eigenvalue weighted by Gasteiger charge is -2.31. The monoisotopic (exact) mass is 384 g/mol. The van der Waals surface area contributed by atoms with Gasteiger partial charge in [-0.1, -0.05) is 12.1 Å². The molecule has 4 heterocycles. The van der Waals surface area contributed by atoms with Crippen LogP contribution in [0.5, 0.6) is 0 Å². The predicted molar refractivity (Wildman–Crippen MR) is 95.5 cm³/mol. The predicted octanol–water partition coefficient (Wildman–Crippen LogP) is 1.83. The van der Waals surface area contributed by atoms with Crippen molar-refractivity contribution >= 4 is 26.7 Å². The molecule has 0 N–H and O–H groups in total. The van der Waals surface area contributed by atoms with Crippen molar-refractivity contribution in [2.45, 2.75) is 23.7 Å². The van der Waals surface area contributed by atoms with Crippen molar-refractivity contribution < 1.29 is 13.0 Å². The van der Waals surface area contributed by atoms with Crippen LogP contribution in [-0.2, 0) is 10.0 Å². The molecule has 0 saturated carbocycles. The van der Waals surface area contributed by atoms with E-state index in [-0.39, 0.29) is 16.3 Å². The number of benzene rings is 1. The average Bonchev–Trinajstić information content (AvgIpc) is 3.34. The van der Waals surface area contributed by atoms with Crippen molar-refractivity contribution in [2.24, 2.45) is 0 Å². The van der Waals surface area contributed by atoms with E-state index in [4.69, 9.17) is 4.63 Å². The Labute approximate surface area is 154 Å². The summed E-state index contributed by atoms with van der Waals surface area (Å²) in [5.74, 6) is 0.757. The van der Waals surface area contributed by atoms with E-state index < -0.39 is 10.0 Å². The van der Waals surface area contributed by atoms with Crippen molar-refractivity contribution in [1.82, 2.24) is 29.2 Å². The van der Waals surface area contributed by atoms with Gasteiger partial charge in [-0.25, -0.2) is 13.0 Å². The molecule has 27 heavy (non-hydrogen) atoms. The molecule has 0 radical (unpaired) electrons. The van der Waals surface area contributed by atoms with Crippen LogP contribution in [-0.4, -0.2) is 50.7 Å². The first-order chi connectivity index (χ1) is 13.1. The smallest absolute Gasteiger partial charge is 0.245 e. The standard InChI is InChI=1S/C17H16N6O3S/c24-27(25,14-7-3-6-13-16(14)21-26-20-13)22-9-4-5-12(11-22)17-19-18-15-8-1-2-10-23(15)17/h1-3,6-8,10,12H,4-5,9,11H2/t12-/m0/s1. The Kier molecular flexibility index (Phi) is 3.69. The van der Waals surface area contributed by atoms with E-state index in [9.17, 15) is 8.42 Å². The Bertz CT molecular complexity index is 1230. The highest BCUT2D eigenvalue weighted by Crippen LogP contribution is 2.31. The summed E-state index contributed by atoms with van der Waals surface area (Å²) in [5, 5.41) is 16.0. The normalized spacial score (nSPS) is 19.0. The fourth-order valence-electron chi connectivity index (χ4n) is 3.64. The minimum absolute atomic E-state index is 0.0273. The van der Waals surface area contributed by atoms with Gasteiger partial charge in [0.2, 0.25) is 10.0 Å². The first-order valence-electron chi connectivity index (χ1n) is 8.66. The molecule has 4 aromatic rings. The molecule has 0 bridgehead atoms. The second-order valence-corrected chi connectivity index (χ2v) is 8.48. The number of sulfonamides is 1. The highest BCUT2D eigenvalue weighted by molar-refractivity contribution is 7.89. The molecule has 1 aromatic carbocycles. The van der Waals surface area contributed by atoms with E-state index in [1.165, 1.54) is 10.4 Å². The lowest BCUT2D eigenvalue weighted by molar-refractivity contribution is 0.307. The van der Waals surface area contributed by atoms with Crippen molar-refractivity contribution in [3.8, 4) is 0 Å². The topological polar surface area (TPSA) is 106 Å². The van der Waals surface area contributed by atoms with Gasteiger partial charge in [-0.15, -0.1) is 10.2 Å². The number of hydrogen-bond acceptors (Lipinski definition) is 7. The first kappa shape index (κ1) is 16.3. The highest BCUT2D eigenvalue weighted by Gasteiger charge is 2.34. The minimum atomic E-state index is -3.72. The molecule has 138 valence electrons. The molecule has 0 spiro atoms. The molecule has 0 aliphatic carbocycles. The summed E-state index contributed by atoms with van der Waals surface area (Å²) in [6.07, 6.45) is 3.51. The fourth-order valence-corrected chi connectivity index (χ4v) is 5.30. The van der Waals surface area contributed by atoms with Gasteiger partial charge in [0.15, 0.2) is 11.2 Å². The molecule has 1 atom stereocenters. The number of nitrogens with zero attached hydrogens (tertiary/aromatic N) is 6. The van der Waals surface area contributed by atoms with E-state index >= 15 is 0 Å². The van der Waals surface area contributed by atoms with Crippen LogP contribution in [0.25, 0.3) is 16.7 Å². The molecule has 0 amide bonds. The summed E-state index contributed by atoms with van der Waals surface area (Å²) in [7, 11) is -3.72. The summed E-state index contributed by atoms with van der Waals surface area (Å²) in [4.78, 5) is 0.119. The molecule has 9 nitrogen and oxygen atoms in total. The molecule has 1 aliphatic rings. The molecule has 1 saturated heterocycles. The van der Waals surface area contributed by atoms with Crippen LogP contribution in [0.15, 0.2) is 52.1 Å². The van der Waals surface area contributed by atoms with Gasteiger partial charge in [-0.2, -0.15) is 4.31 Å². The Morgan fingerprint density at radius 1 is 1.07 bits per heavy atom. The number of piperidine rings is 1. The van der Waals surface area contributed by atoms with Gasteiger partial charge < -0.3 is 0 Å². The maximum atomic E-state index is 13.3. The second-order valence-electron chi connectivity index (χ2n) is 6.58. The minimum Gasteiger partial charge on any atom is -0.286 e. The molecule has 3 aromatic heterocycles. The van der Waals surface area contributed by atoms with Crippen LogP contribution >= 0.6 is 0 Å². The molecule has 5 rings (SSSR count). The molecular weight excluding hydrogens is 368 g/mol. The zero-order valence-electron chi connectivity index (χ0n) is 14.3. The Balaban J connectivity index is 1.51. The van der Waals surface area contributed by atoms with Gasteiger partial charge in [-0.05, 0) is 47.4 Å². The van der Waals surface area contributed by atoms with E-state index in [1.54, 1.807) is 12.1 Å². The van der Waals surface area contributed by atoms with Gasteiger partial charge in [0.1, 0.15) is 16.2 Å². The molecule has 10 heteroatoms. The summed E-state index contributed by atoms with van der Waals surface area (Å²) in [6.45, 7) is 0.803. The van der Waals surface area contributed by atoms with Crippen LogP contribution in [0, 0.1) is 0 Å². The highest BCUT2D eigenvalue weighted by atomic mass is 32.2. The lowest BCUT2D eigenvalue weighted by atomic mass is 9.99. The van der Waals surface area contributed by atoms with E-state index in [0.29, 0.717) is 18.6 Å². The number of fused-ring (bicyclic) bond motifs is 2. The average molecular weight is 384 g/mol. The van der Waals surface area contributed by atoms with E-state index in [2.05, 4.69) is 20.5 Å². The van der Waals surface area contributed by atoms with Gasteiger partial charge in [0, 0.05) is 25.2 Å². The van der Waals surface area contributed by atoms with Crippen LogP contribution < -0.4 is 0 Å². The van der Waals surface area contributed by atoms with Crippen molar-refractivity contribution in [1.29, 1.82) is 0 Å². The lowest BCUT2D eigenvalue weighted by Crippen LogP contribution is -2.39. The summed E-state index contributed by atoms with van der Waals surface area (Å²) >= 11 is 0. The van der Waals surface area contributed by atoms with Crippen LogP contribution in [0.2, 0.25) is 0 Å². The number of rotatable bonds is 3. The third-order valence-electron chi connectivity index (χ3n) is 4.96. The molecule has 1 aliphatic heterocycles. The van der Waals surface area contributed by atoms with Crippen LogP contribution in [0.3, 0.4) is 0 Å². The van der Waals surface area contributed by atoms with Crippen LogP contribution in [0.1, 0.15) is 24.6 Å². The van der Waals surface area contributed by atoms with E-state index in [1.807, 2.05) is 28.8 Å². The molecule has 1 fully saturated rings. The fraction of sp³-hybridized carbons (Fsp3) is 0.294. The maximum absolute atomic E-state index is 13.3. The summed E-state index contributed by atoms with van der Waals surface area (Å²) in [6, 6.07) is 10.6. The van der Waals surface area contributed by atoms with Gasteiger partial charge >= 0.3 is 0 Å². The Morgan fingerprint density at radius 3 is 2.93 bits per heavy atom. The maximum Gasteiger partial charge on any atom is 0.245 e. The van der Waals surface area contributed by atoms with Crippen molar-refractivity contribution in [2.75, 3.05) is 13.1 Å². The first-order valence-corrected chi connectivity index (χ1v) is 10.1. The third-order valence-corrected chi connectivity index (χ3v) is 6.85. The third kappa shape index (κ3) is 2.60. The van der Waals surface area contributed by atoms with Gasteiger partial charge in [0.05, 0.1) is 0 Å². The second kappa shape index (κ2) is 6.10. The van der Waals surface area contributed by atoms with E-state index in [0.717, 1.165) is 24.3 Å². The van der Waals surface area contributed by atoms with Crippen molar-refractivity contribution in [3.05, 3.63) is 48.4 Å². The zero-order valence-corrected chi connectivity index (χ0v) is 15.1. The summed E-state index contributed by atoms with van der Waals surface area (Å²) < 4.78 is 34.6. The number of pyridine rings is 1. The molecule has 0 unspecified atom stereocenters. The Hall–Kier alpha value is -2.85. The quantitative estimate of drug-likeness (QED) is 0.530. The number of hydrogen-bond donors (Lipinski definition) is 0. The molecular formula is C17H16N6O3S. The largest absolute Gasteiger partial charge is 0.286 e.